The Morgan fingerprint density at radius 3 is 2.65 bits per heavy atom. The lowest BCUT2D eigenvalue weighted by Gasteiger charge is -2.48. The SMILES string of the molecule is Brc1ccc2ncnc(N3CCC4(CC3)CNC4)c2c1. The van der Waals surface area contributed by atoms with Crippen LogP contribution in [0, 0.1) is 5.41 Å². The van der Waals surface area contributed by atoms with Gasteiger partial charge in [0.25, 0.3) is 0 Å². The number of halogens is 1. The van der Waals surface area contributed by atoms with Crippen LogP contribution in [0.2, 0.25) is 0 Å². The van der Waals surface area contributed by atoms with Gasteiger partial charge in [0.15, 0.2) is 0 Å². The highest BCUT2D eigenvalue weighted by molar-refractivity contribution is 9.10. The highest BCUT2D eigenvalue weighted by atomic mass is 79.9. The number of anilines is 1. The van der Waals surface area contributed by atoms with Crippen LogP contribution in [0.15, 0.2) is 29.0 Å². The Labute approximate surface area is 126 Å². The smallest absolute Gasteiger partial charge is 0.139 e. The minimum Gasteiger partial charge on any atom is -0.356 e. The Morgan fingerprint density at radius 1 is 1.15 bits per heavy atom. The molecule has 4 rings (SSSR count). The van der Waals surface area contributed by atoms with Gasteiger partial charge in [0, 0.05) is 36.0 Å². The third-order valence-corrected chi connectivity index (χ3v) is 5.19. The van der Waals surface area contributed by atoms with Gasteiger partial charge in [-0.1, -0.05) is 15.9 Å². The highest BCUT2D eigenvalue weighted by Gasteiger charge is 2.39. The molecule has 0 saturated carbocycles. The van der Waals surface area contributed by atoms with Crippen molar-refractivity contribution in [3.63, 3.8) is 0 Å². The fraction of sp³-hybridized carbons (Fsp3) is 0.467. The molecular weight excluding hydrogens is 316 g/mol. The van der Waals surface area contributed by atoms with Crippen molar-refractivity contribution < 1.29 is 0 Å². The fourth-order valence-electron chi connectivity index (χ4n) is 3.29. The number of benzene rings is 1. The number of nitrogens with one attached hydrogen (secondary N) is 1. The molecule has 0 unspecified atom stereocenters. The zero-order valence-electron chi connectivity index (χ0n) is 11.3. The first-order valence-corrected chi connectivity index (χ1v) is 7.91. The lowest BCUT2D eigenvalue weighted by molar-refractivity contribution is 0.126. The lowest BCUT2D eigenvalue weighted by Crippen LogP contribution is -2.58. The molecule has 1 aromatic heterocycles. The number of nitrogens with zero attached hydrogens (tertiary/aromatic N) is 3. The number of hydrogen-bond donors (Lipinski definition) is 1. The molecule has 3 heterocycles. The Balaban J connectivity index is 1.67. The van der Waals surface area contributed by atoms with Gasteiger partial charge in [-0.25, -0.2) is 9.97 Å². The van der Waals surface area contributed by atoms with Crippen LogP contribution in [0.25, 0.3) is 10.9 Å². The average Bonchev–Trinajstić information content (AvgIpc) is 2.45. The summed E-state index contributed by atoms with van der Waals surface area (Å²) in [6.07, 6.45) is 4.21. The van der Waals surface area contributed by atoms with Crippen LogP contribution in [-0.2, 0) is 0 Å². The second-order valence-electron chi connectivity index (χ2n) is 5.95. The summed E-state index contributed by atoms with van der Waals surface area (Å²) >= 11 is 3.55. The van der Waals surface area contributed by atoms with Crippen molar-refractivity contribution in [2.45, 2.75) is 12.8 Å². The first-order chi connectivity index (χ1) is 9.76. The third kappa shape index (κ3) is 2.00. The summed E-state index contributed by atoms with van der Waals surface area (Å²) in [6.45, 7) is 4.58. The van der Waals surface area contributed by atoms with Gasteiger partial charge in [0.05, 0.1) is 5.52 Å². The summed E-state index contributed by atoms with van der Waals surface area (Å²) < 4.78 is 1.08. The number of aromatic nitrogens is 2. The van der Waals surface area contributed by atoms with Crippen molar-refractivity contribution in [2.75, 3.05) is 31.1 Å². The van der Waals surface area contributed by atoms with Crippen LogP contribution in [0.4, 0.5) is 5.82 Å². The molecule has 4 nitrogen and oxygen atoms in total. The Bertz CT molecular complexity index is 643. The van der Waals surface area contributed by atoms with Crippen molar-refractivity contribution in [3.8, 4) is 0 Å². The second kappa shape index (κ2) is 4.67. The quantitative estimate of drug-likeness (QED) is 0.871. The molecule has 1 spiro atoms. The summed E-state index contributed by atoms with van der Waals surface area (Å²) in [4.78, 5) is 11.3. The van der Waals surface area contributed by atoms with E-state index in [9.17, 15) is 0 Å². The summed E-state index contributed by atoms with van der Waals surface area (Å²) in [5, 5.41) is 4.56. The lowest BCUT2D eigenvalue weighted by atomic mass is 9.73. The van der Waals surface area contributed by atoms with E-state index >= 15 is 0 Å². The maximum absolute atomic E-state index is 4.54. The minimum absolute atomic E-state index is 0.569. The standard InChI is InChI=1S/C15H17BrN4/c16-11-1-2-13-12(7-11)14(19-10-18-13)20-5-3-15(4-6-20)8-17-9-15/h1-2,7,10,17H,3-6,8-9H2. The molecule has 104 valence electrons. The van der Waals surface area contributed by atoms with Gasteiger partial charge in [-0.3, -0.25) is 0 Å². The van der Waals surface area contributed by atoms with E-state index in [0.29, 0.717) is 5.41 Å². The van der Waals surface area contributed by atoms with Gasteiger partial charge >= 0.3 is 0 Å². The van der Waals surface area contributed by atoms with E-state index < -0.39 is 0 Å². The van der Waals surface area contributed by atoms with E-state index in [4.69, 9.17) is 0 Å². The molecule has 0 bridgehead atoms. The molecule has 2 aromatic rings. The zero-order valence-corrected chi connectivity index (χ0v) is 12.9. The molecule has 2 aliphatic rings. The fourth-order valence-corrected chi connectivity index (χ4v) is 3.65. The van der Waals surface area contributed by atoms with Gasteiger partial charge in [-0.15, -0.1) is 0 Å². The van der Waals surface area contributed by atoms with E-state index in [1.807, 2.05) is 12.1 Å². The summed E-state index contributed by atoms with van der Waals surface area (Å²) in [6, 6.07) is 6.20. The van der Waals surface area contributed by atoms with Crippen LogP contribution >= 0.6 is 15.9 Å². The molecule has 1 aromatic carbocycles. The van der Waals surface area contributed by atoms with Gasteiger partial charge in [0.1, 0.15) is 12.1 Å². The maximum Gasteiger partial charge on any atom is 0.139 e. The highest BCUT2D eigenvalue weighted by Crippen LogP contribution is 2.37. The van der Waals surface area contributed by atoms with Crippen LogP contribution < -0.4 is 10.2 Å². The molecule has 1 N–H and O–H groups in total. The molecule has 0 amide bonds. The Hall–Kier alpha value is -1.20. The predicted molar refractivity (Wildman–Crippen MR) is 84.0 cm³/mol. The van der Waals surface area contributed by atoms with Gasteiger partial charge in [0.2, 0.25) is 0 Å². The van der Waals surface area contributed by atoms with Gasteiger partial charge in [-0.05, 0) is 36.5 Å². The molecule has 0 aliphatic carbocycles. The summed E-state index contributed by atoms with van der Waals surface area (Å²) in [5.74, 6) is 1.08. The van der Waals surface area contributed by atoms with Crippen molar-refractivity contribution in [2.24, 2.45) is 5.41 Å². The van der Waals surface area contributed by atoms with Crippen molar-refractivity contribution in [1.82, 2.24) is 15.3 Å². The Kier molecular flexibility index (Phi) is 2.93. The number of hydrogen-bond acceptors (Lipinski definition) is 4. The van der Waals surface area contributed by atoms with Crippen LogP contribution in [0.3, 0.4) is 0 Å². The number of piperidine rings is 1. The van der Waals surface area contributed by atoms with E-state index in [2.05, 4.69) is 42.2 Å². The van der Waals surface area contributed by atoms with Crippen molar-refractivity contribution in [1.29, 1.82) is 0 Å². The van der Waals surface area contributed by atoms with Crippen molar-refractivity contribution >= 4 is 32.7 Å². The van der Waals surface area contributed by atoms with Crippen LogP contribution in [-0.4, -0.2) is 36.1 Å². The first-order valence-electron chi connectivity index (χ1n) is 7.12. The Morgan fingerprint density at radius 2 is 1.95 bits per heavy atom. The molecule has 2 fully saturated rings. The average molecular weight is 333 g/mol. The van der Waals surface area contributed by atoms with Crippen LogP contribution in [0.1, 0.15) is 12.8 Å². The molecule has 5 heteroatoms. The van der Waals surface area contributed by atoms with E-state index in [1.165, 1.54) is 25.9 Å². The normalized spacial score (nSPS) is 21.1. The summed E-state index contributed by atoms with van der Waals surface area (Å²) in [5.41, 5.74) is 1.59. The zero-order chi connectivity index (χ0) is 13.6. The molecule has 20 heavy (non-hydrogen) atoms. The van der Waals surface area contributed by atoms with Crippen LogP contribution in [0.5, 0.6) is 0 Å². The molecule has 0 radical (unpaired) electrons. The number of rotatable bonds is 1. The van der Waals surface area contributed by atoms with E-state index in [-0.39, 0.29) is 0 Å². The predicted octanol–water partition coefficient (Wildman–Crippen LogP) is 2.58. The van der Waals surface area contributed by atoms with Crippen molar-refractivity contribution in [3.05, 3.63) is 29.0 Å². The largest absolute Gasteiger partial charge is 0.356 e. The molecule has 2 saturated heterocycles. The second-order valence-corrected chi connectivity index (χ2v) is 6.87. The third-order valence-electron chi connectivity index (χ3n) is 4.70. The monoisotopic (exact) mass is 332 g/mol. The molecular formula is C15H17BrN4. The van der Waals surface area contributed by atoms with E-state index in [0.717, 1.165) is 34.3 Å². The topological polar surface area (TPSA) is 41.1 Å². The maximum atomic E-state index is 4.54. The minimum atomic E-state index is 0.569. The molecule has 2 aliphatic heterocycles. The van der Waals surface area contributed by atoms with E-state index in [1.54, 1.807) is 6.33 Å². The first kappa shape index (κ1) is 12.5. The van der Waals surface area contributed by atoms with Gasteiger partial charge < -0.3 is 10.2 Å². The summed E-state index contributed by atoms with van der Waals surface area (Å²) in [7, 11) is 0. The number of fused-ring (bicyclic) bond motifs is 1. The molecule has 0 atom stereocenters. The van der Waals surface area contributed by atoms with Gasteiger partial charge in [-0.2, -0.15) is 0 Å².